The number of carboxylic acid groups (broad SMARTS) is 3. The van der Waals surface area contributed by atoms with Gasteiger partial charge in [0.05, 0.1) is 5.57 Å². The first-order valence-corrected chi connectivity index (χ1v) is 5.41. The summed E-state index contributed by atoms with van der Waals surface area (Å²) in [7, 11) is 0. The summed E-state index contributed by atoms with van der Waals surface area (Å²) >= 11 is 0. The number of aliphatic carboxylic acids is 3. The summed E-state index contributed by atoms with van der Waals surface area (Å²) in [4.78, 5) is 33.9. The molecule has 1 aromatic carbocycles. The van der Waals surface area contributed by atoms with E-state index in [0.717, 1.165) is 6.08 Å². The lowest BCUT2D eigenvalue weighted by Gasteiger charge is -2.30. The van der Waals surface area contributed by atoms with Gasteiger partial charge in [0.2, 0.25) is 0 Å². The number of allylic oxidation sites excluding steroid dienone is 1. The van der Waals surface area contributed by atoms with E-state index < -0.39 is 29.7 Å². The van der Waals surface area contributed by atoms with Crippen LogP contribution in [0.15, 0.2) is 30.3 Å². The lowest BCUT2D eigenvalue weighted by molar-refractivity contribution is -0.157. The van der Waals surface area contributed by atoms with Crippen LogP contribution in [-0.2, 0) is 19.8 Å². The van der Waals surface area contributed by atoms with Crippen LogP contribution in [0, 0.1) is 0 Å². The first-order valence-electron chi connectivity index (χ1n) is 5.41. The summed E-state index contributed by atoms with van der Waals surface area (Å²) < 4.78 is 0. The molecule has 1 aromatic rings. The number of hydrogen-bond donors (Lipinski definition) is 3. The molecule has 98 valence electrons. The third-order valence-corrected chi connectivity index (χ3v) is 3.25. The van der Waals surface area contributed by atoms with Crippen molar-refractivity contribution in [2.45, 2.75) is 11.8 Å². The maximum atomic E-state index is 11.4. The van der Waals surface area contributed by atoms with E-state index in [9.17, 15) is 24.6 Å². The molecule has 0 saturated carbocycles. The summed E-state index contributed by atoms with van der Waals surface area (Å²) in [6.45, 7) is 0. The van der Waals surface area contributed by atoms with E-state index >= 15 is 0 Å². The van der Waals surface area contributed by atoms with Gasteiger partial charge in [-0.1, -0.05) is 30.3 Å². The maximum absolute atomic E-state index is 11.4. The summed E-state index contributed by atoms with van der Waals surface area (Å²) in [6, 6.07) is 5.78. The van der Waals surface area contributed by atoms with Gasteiger partial charge in [0.1, 0.15) is 0 Å². The van der Waals surface area contributed by atoms with E-state index in [4.69, 9.17) is 5.11 Å². The Morgan fingerprint density at radius 1 is 1.00 bits per heavy atom. The third kappa shape index (κ3) is 1.69. The molecule has 0 unspecified atom stereocenters. The Labute approximate surface area is 107 Å². The highest BCUT2D eigenvalue weighted by Crippen LogP contribution is 2.40. The minimum Gasteiger partial charge on any atom is -0.480 e. The zero-order valence-electron chi connectivity index (χ0n) is 9.66. The summed E-state index contributed by atoms with van der Waals surface area (Å²) in [5, 5.41) is 27.6. The normalized spacial score (nSPS) is 16.1. The highest BCUT2D eigenvalue weighted by Gasteiger charge is 2.51. The van der Waals surface area contributed by atoms with E-state index in [1.165, 1.54) is 24.3 Å². The van der Waals surface area contributed by atoms with Gasteiger partial charge in [0, 0.05) is 0 Å². The van der Waals surface area contributed by atoms with E-state index in [1.807, 2.05) is 0 Å². The minimum atomic E-state index is -2.13. The molecule has 1 aliphatic carbocycles. The maximum Gasteiger partial charge on any atom is 0.335 e. The molecule has 0 saturated heterocycles. The third-order valence-electron chi connectivity index (χ3n) is 3.25. The zero-order chi connectivity index (χ0) is 14.2. The van der Waals surface area contributed by atoms with Crippen LogP contribution in [0.4, 0.5) is 0 Å². The fourth-order valence-electron chi connectivity index (χ4n) is 2.26. The predicted octanol–water partition coefficient (Wildman–Crippen LogP) is 0.965. The van der Waals surface area contributed by atoms with Crippen LogP contribution < -0.4 is 0 Å². The van der Waals surface area contributed by atoms with Crippen molar-refractivity contribution >= 4 is 23.5 Å². The first kappa shape index (κ1) is 12.8. The van der Waals surface area contributed by atoms with Crippen molar-refractivity contribution in [1.82, 2.24) is 0 Å². The second-order valence-electron chi connectivity index (χ2n) is 4.19. The van der Waals surface area contributed by atoms with Crippen LogP contribution in [0.3, 0.4) is 0 Å². The van der Waals surface area contributed by atoms with Gasteiger partial charge in [-0.05, 0) is 17.5 Å². The molecule has 3 N–H and O–H groups in total. The smallest absolute Gasteiger partial charge is 0.335 e. The quantitative estimate of drug-likeness (QED) is 0.699. The molecule has 0 fully saturated rings. The molecule has 6 nitrogen and oxygen atoms in total. The number of rotatable bonds is 3. The molecule has 6 heteroatoms. The fourth-order valence-corrected chi connectivity index (χ4v) is 2.26. The van der Waals surface area contributed by atoms with Crippen molar-refractivity contribution in [3.8, 4) is 0 Å². The van der Waals surface area contributed by atoms with Gasteiger partial charge in [-0.25, -0.2) is 4.79 Å². The van der Waals surface area contributed by atoms with Crippen LogP contribution >= 0.6 is 0 Å². The van der Waals surface area contributed by atoms with E-state index in [1.54, 1.807) is 0 Å². The topological polar surface area (TPSA) is 112 Å². The number of benzene rings is 1. The van der Waals surface area contributed by atoms with Gasteiger partial charge in [-0.2, -0.15) is 0 Å². The van der Waals surface area contributed by atoms with Crippen molar-refractivity contribution in [3.63, 3.8) is 0 Å². The van der Waals surface area contributed by atoms with Gasteiger partial charge >= 0.3 is 17.9 Å². The summed E-state index contributed by atoms with van der Waals surface area (Å²) in [5.74, 6) is -4.22. The van der Waals surface area contributed by atoms with E-state index in [0.29, 0.717) is 0 Å². The SMILES string of the molecule is O=C(O)C1=CCC(C(=O)O)(C(=O)O)c2ccccc21. The van der Waals surface area contributed by atoms with Crippen molar-refractivity contribution in [1.29, 1.82) is 0 Å². The highest BCUT2D eigenvalue weighted by molar-refractivity contribution is 6.19. The number of carboxylic acids is 3. The standard InChI is InChI=1S/C13H10O6/c14-10(15)8-5-6-13(11(16)17,12(18)19)9-4-2-1-3-7(8)9/h1-5H,6H2,(H,14,15)(H,16,17)(H,18,19). The lowest BCUT2D eigenvalue weighted by atomic mass is 9.70. The summed E-state index contributed by atoms with van der Waals surface area (Å²) in [5.41, 5.74) is -2.08. The average molecular weight is 262 g/mol. The molecule has 0 aromatic heterocycles. The molecule has 0 atom stereocenters. The molecular weight excluding hydrogens is 252 g/mol. The molecule has 0 heterocycles. The van der Waals surface area contributed by atoms with Crippen molar-refractivity contribution in [3.05, 3.63) is 41.5 Å². The Hall–Kier alpha value is -2.63. The number of fused-ring (bicyclic) bond motifs is 1. The molecule has 19 heavy (non-hydrogen) atoms. The number of hydrogen-bond acceptors (Lipinski definition) is 3. The monoisotopic (exact) mass is 262 g/mol. The molecule has 2 rings (SSSR count). The van der Waals surface area contributed by atoms with Gasteiger partial charge in [0.15, 0.2) is 5.41 Å². The Morgan fingerprint density at radius 3 is 2.11 bits per heavy atom. The molecule has 1 aliphatic rings. The molecule has 0 radical (unpaired) electrons. The molecule has 0 amide bonds. The minimum absolute atomic E-state index is 0.00472. The van der Waals surface area contributed by atoms with Crippen LogP contribution in [0.25, 0.3) is 5.57 Å². The Balaban J connectivity index is 2.76. The van der Waals surface area contributed by atoms with Crippen molar-refractivity contribution in [2.24, 2.45) is 0 Å². The first-order chi connectivity index (χ1) is 8.91. The predicted molar refractivity (Wildman–Crippen MR) is 63.6 cm³/mol. The van der Waals surface area contributed by atoms with Crippen molar-refractivity contribution < 1.29 is 29.7 Å². The van der Waals surface area contributed by atoms with E-state index in [-0.39, 0.29) is 16.7 Å². The number of carbonyl (C=O) groups is 3. The van der Waals surface area contributed by atoms with Crippen LogP contribution in [0.1, 0.15) is 17.5 Å². The highest BCUT2D eigenvalue weighted by atomic mass is 16.4. The van der Waals surface area contributed by atoms with Crippen LogP contribution in [0.2, 0.25) is 0 Å². The van der Waals surface area contributed by atoms with E-state index in [2.05, 4.69) is 0 Å². The van der Waals surface area contributed by atoms with Gasteiger partial charge in [-0.15, -0.1) is 0 Å². The van der Waals surface area contributed by atoms with Gasteiger partial charge in [-0.3, -0.25) is 9.59 Å². The Kier molecular flexibility index (Phi) is 2.86. The largest absolute Gasteiger partial charge is 0.480 e. The van der Waals surface area contributed by atoms with Crippen molar-refractivity contribution in [2.75, 3.05) is 0 Å². The Morgan fingerprint density at radius 2 is 1.58 bits per heavy atom. The van der Waals surface area contributed by atoms with Crippen LogP contribution in [-0.4, -0.2) is 33.2 Å². The van der Waals surface area contributed by atoms with Gasteiger partial charge in [0.25, 0.3) is 0 Å². The molecular formula is C13H10O6. The lowest BCUT2D eigenvalue weighted by Crippen LogP contribution is -2.45. The Bertz CT molecular complexity index is 599. The molecule has 0 aliphatic heterocycles. The van der Waals surface area contributed by atoms with Crippen LogP contribution in [0.5, 0.6) is 0 Å². The fraction of sp³-hybridized carbons (Fsp3) is 0.154. The molecule has 0 bridgehead atoms. The summed E-state index contributed by atoms with van der Waals surface area (Å²) in [6.07, 6.45) is 0.753. The average Bonchev–Trinajstić information content (AvgIpc) is 2.36. The second-order valence-corrected chi connectivity index (χ2v) is 4.19. The van der Waals surface area contributed by atoms with Gasteiger partial charge < -0.3 is 15.3 Å². The zero-order valence-corrected chi connectivity index (χ0v) is 9.66. The molecule has 0 spiro atoms. The second kappa shape index (κ2) is 4.24.